The molecule has 1 unspecified atom stereocenters. The van der Waals surface area contributed by atoms with E-state index in [4.69, 9.17) is 5.73 Å². The molecule has 2 aromatic carbocycles. The fraction of sp³-hybridized carbons (Fsp3) is 0.154. The van der Waals surface area contributed by atoms with Crippen molar-refractivity contribution in [2.24, 2.45) is 5.73 Å². The normalized spacial score (nSPS) is 12.6. The quantitative estimate of drug-likeness (QED) is 0.350. The number of rotatable bonds is 7. The Morgan fingerprint density at radius 2 is 1.73 bits per heavy atom. The van der Waals surface area contributed by atoms with Crippen LogP contribution in [-0.4, -0.2) is 36.6 Å². The van der Waals surface area contributed by atoms with Crippen LogP contribution in [0.2, 0.25) is 0 Å². The minimum absolute atomic E-state index is 0.0314. The second kappa shape index (κ2) is 9.41. The zero-order valence-corrected chi connectivity index (χ0v) is 19.3. The molecule has 0 aliphatic carbocycles. The number of amides is 1. The SMILES string of the molecule is NC(=O)c1n[nH]c2ccc(C(c3cnn(Cc4ccc(Cn5ccccc5=O)cc4)c3)C(F)(F)F)cc12. The summed E-state index contributed by atoms with van der Waals surface area (Å²) >= 11 is 0. The highest BCUT2D eigenvalue weighted by atomic mass is 19.4. The van der Waals surface area contributed by atoms with Crippen molar-refractivity contribution in [3.8, 4) is 0 Å². The third-order valence-corrected chi connectivity index (χ3v) is 6.09. The number of aromatic nitrogens is 5. The Kier molecular flexibility index (Phi) is 6.12. The van der Waals surface area contributed by atoms with E-state index in [1.165, 1.54) is 41.3 Å². The van der Waals surface area contributed by atoms with E-state index in [1.807, 2.05) is 24.3 Å². The minimum Gasteiger partial charge on any atom is -0.364 e. The van der Waals surface area contributed by atoms with Gasteiger partial charge in [0.2, 0.25) is 0 Å². The number of benzene rings is 2. The summed E-state index contributed by atoms with van der Waals surface area (Å²) in [6, 6.07) is 16.5. The number of primary amides is 1. The standard InChI is InChI=1S/C26H21F3N6O2/c27-26(28,29)23(18-8-9-21-20(11-18)24(25(30)37)33-32-21)19-12-31-35(15-19)14-17-6-4-16(5-7-17)13-34-10-2-1-3-22(34)36/h1-12,15,23H,13-14H2,(H2,30,37)(H,32,33). The number of alkyl halides is 3. The first-order valence-corrected chi connectivity index (χ1v) is 11.3. The molecule has 1 atom stereocenters. The Morgan fingerprint density at radius 3 is 2.41 bits per heavy atom. The zero-order chi connectivity index (χ0) is 26.2. The van der Waals surface area contributed by atoms with Crippen molar-refractivity contribution < 1.29 is 18.0 Å². The van der Waals surface area contributed by atoms with Gasteiger partial charge in [0.25, 0.3) is 11.5 Å². The molecule has 0 radical (unpaired) electrons. The van der Waals surface area contributed by atoms with Crippen molar-refractivity contribution in [3.63, 3.8) is 0 Å². The van der Waals surface area contributed by atoms with Crippen LogP contribution in [0.1, 0.15) is 38.7 Å². The largest absolute Gasteiger partial charge is 0.399 e. The van der Waals surface area contributed by atoms with Gasteiger partial charge in [-0.1, -0.05) is 36.4 Å². The van der Waals surface area contributed by atoms with E-state index < -0.39 is 18.0 Å². The van der Waals surface area contributed by atoms with Crippen molar-refractivity contribution in [2.45, 2.75) is 25.2 Å². The van der Waals surface area contributed by atoms with Crippen LogP contribution in [0.25, 0.3) is 10.9 Å². The number of nitrogens with zero attached hydrogens (tertiary/aromatic N) is 4. The molecule has 0 aliphatic heterocycles. The maximum Gasteiger partial charge on any atom is 0.399 e. The molecule has 5 rings (SSSR count). The van der Waals surface area contributed by atoms with Gasteiger partial charge in [-0.3, -0.25) is 19.4 Å². The van der Waals surface area contributed by atoms with Crippen LogP contribution in [0.5, 0.6) is 0 Å². The highest BCUT2D eigenvalue weighted by Gasteiger charge is 2.43. The van der Waals surface area contributed by atoms with Gasteiger partial charge in [-0.25, -0.2) is 0 Å². The summed E-state index contributed by atoms with van der Waals surface area (Å²) in [7, 11) is 0. The second-order valence-electron chi connectivity index (χ2n) is 8.67. The number of halogens is 3. The molecule has 37 heavy (non-hydrogen) atoms. The van der Waals surface area contributed by atoms with Crippen molar-refractivity contribution >= 4 is 16.8 Å². The zero-order valence-electron chi connectivity index (χ0n) is 19.3. The number of fused-ring (bicyclic) bond motifs is 1. The summed E-state index contributed by atoms with van der Waals surface area (Å²) in [4.78, 5) is 23.5. The smallest absolute Gasteiger partial charge is 0.364 e. The van der Waals surface area contributed by atoms with Crippen LogP contribution >= 0.6 is 0 Å². The molecule has 0 saturated carbocycles. The molecule has 3 aromatic heterocycles. The predicted octanol–water partition coefficient (Wildman–Crippen LogP) is 3.81. The van der Waals surface area contributed by atoms with Crippen LogP contribution in [0, 0.1) is 0 Å². The molecule has 188 valence electrons. The number of carbonyl (C=O) groups is 1. The summed E-state index contributed by atoms with van der Waals surface area (Å²) in [6.07, 6.45) is -0.333. The van der Waals surface area contributed by atoms with E-state index in [-0.39, 0.29) is 34.3 Å². The highest BCUT2D eigenvalue weighted by Crippen LogP contribution is 2.41. The lowest BCUT2D eigenvalue weighted by Gasteiger charge is -2.19. The van der Waals surface area contributed by atoms with Gasteiger partial charge in [-0.15, -0.1) is 0 Å². The van der Waals surface area contributed by atoms with E-state index in [9.17, 15) is 22.8 Å². The number of nitrogens with two attached hydrogens (primary N) is 1. The first-order valence-electron chi connectivity index (χ1n) is 11.3. The molecule has 3 N–H and O–H groups in total. The summed E-state index contributed by atoms with van der Waals surface area (Å²) in [5.41, 5.74) is 7.17. The van der Waals surface area contributed by atoms with Gasteiger partial charge >= 0.3 is 6.18 Å². The van der Waals surface area contributed by atoms with Crippen LogP contribution in [-0.2, 0) is 13.1 Å². The van der Waals surface area contributed by atoms with Crippen molar-refractivity contribution in [1.82, 2.24) is 24.5 Å². The number of hydrogen-bond donors (Lipinski definition) is 2. The fourth-order valence-electron chi connectivity index (χ4n) is 4.31. The molecule has 11 heteroatoms. The lowest BCUT2D eigenvalue weighted by Crippen LogP contribution is -2.21. The molecule has 3 heterocycles. The third-order valence-electron chi connectivity index (χ3n) is 6.09. The Bertz CT molecular complexity index is 1630. The van der Waals surface area contributed by atoms with Gasteiger partial charge in [-0.05, 0) is 34.9 Å². The third kappa shape index (κ3) is 5.01. The highest BCUT2D eigenvalue weighted by molar-refractivity contribution is 6.04. The number of H-pyrrole nitrogens is 1. The van der Waals surface area contributed by atoms with Crippen LogP contribution in [0.3, 0.4) is 0 Å². The van der Waals surface area contributed by atoms with E-state index in [0.29, 0.717) is 12.1 Å². The molecule has 8 nitrogen and oxygen atoms in total. The van der Waals surface area contributed by atoms with E-state index in [0.717, 1.165) is 11.1 Å². The predicted molar refractivity (Wildman–Crippen MR) is 130 cm³/mol. The van der Waals surface area contributed by atoms with E-state index in [1.54, 1.807) is 22.9 Å². The second-order valence-corrected chi connectivity index (χ2v) is 8.67. The molecular formula is C26H21F3N6O2. The van der Waals surface area contributed by atoms with Gasteiger partial charge in [0, 0.05) is 29.4 Å². The monoisotopic (exact) mass is 506 g/mol. The first-order chi connectivity index (χ1) is 17.7. The summed E-state index contributed by atoms with van der Waals surface area (Å²) < 4.78 is 45.6. The lowest BCUT2D eigenvalue weighted by molar-refractivity contribution is -0.141. The lowest BCUT2D eigenvalue weighted by atomic mass is 9.92. The van der Waals surface area contributed by atoms with Crippen LogP contribution in [0.4, 0.5) is 13.2 Å². The summed E-state index contributed by atoms with van der Waals surface area (Å²) in [5, 5.41) is 10.8. The Hall–Kier alpha value is -4.67. The maximum atomic E-state index is 14.2. The average molecular weight is 506 g/mol. The van der Waals surface area contributed by atoms with Gasteiger partial charge in [0.1, 0.15) is 5.92 Å². The Balaban J connectivity index is 1.38. The number of carbonyl (C=O) groups excluding carboxylic acids is 1. The molecule has 0 bridgehead atoms. The molecular weight excluding hydrogens is 485 g/mol. The number of hydrogen-bond acceptors (Lipinski definition) is 4. The summed E-state index contributed by atoms with van der Waals surface area (Å²) in [6.45, 7) is 0.681. The number of nitrogens with one attached hydrogen (secondary N) is 1. The van der Waals surface area contributed by atoms with E-state index >= 15 is 0 Å². The van der Waals surface area contributed by atoms with Crippen LogP contribution in [0.15, 0.2) is 84.0 Å². The molecule has 0 saturated heterocycles. The van der Waals surface area contributed by atoms with Gasteiger partial charge < -0.3 is 10.3 Å². The molecule has 1 amide bonds. The molecule has 0 aliphatic rings. The molecule has 0 fully saturated rings. The average Bonchev–Trinajstić information content (AvgIpc) is 3.48. The van der Waals surface area contributed by atoms with Crippen molar-refractivity contribution in [2.75, 3.05) is 0 Å². The maximum absolute atomic E-state index is 14.2. The molecule has 0 spiro atoms. The minimum atomic E-state index is -4.60. The molecule has 5 aromatic rings. The fourth-order valence-corrected chi connectivity index (χ4v) is 4.31. The number of pyridine rings is 1. The van der Waals surface area contributed by atoms with Gasteiger partial charge in [-0.2, -0.15) is 23.4 Å². The summed E-state index contributed by atoms with van der Waals surface area (Å²) in [5.74, 6) is -2.78. The van der Waals surface area contributed by atoms with Crippen molar-refractivity contribution in [1.29, 1.82) is 0 Å². The first kappa shape index (κ1) is 24.0. The Labute approximate surface area is 208 Å². The Morgan fingerprint density at radius 1 is 1.00 bits per heavy atom. The number of aromatic amines is 1. The van der Waals surface area contributed by atoms with Crippen molar-refractivity contribution in [3.05, 3.63) is 118 Å². The topological polar surface area (TPSA) is 112 Å². The van der Waals surface area contributed by atoms with Gasteiger partial charge in [0.05, 0.1) is 24.8 Å². The van der Waals surface area contributed by atoms with Crippen LogP contribution < -0.4 is 11.3 Å². The van der Waals surface area contributed by atoms with Gasteiger partial charge in [0.15, 0.2) is 5.69 Å². The van der Waals surface area contributed by atoms with E-state index in [2.05, 4.69) is 15.3 Å².